The van der Waals surface area contributed by atoms with E-state index in [0.717, 1.165) is 54.1 Å². The molecule has 1 fully saturated rings. The highest BCUT2D eigenvalue weighted by molar-refractivity contribution is 5.86. The Labute approximate surface area is 236 Å². The number of rotatable bonds is 10. The van der Waals surface area contributed by atoms with Gasteiger partial charge in [-0.3, -0.25) is 9.59 Å². The molecule has 0 saturated heterocycles. The van der Waals surface area contributed by atoms with Gasteiger partial charge in [-0.15, -0.1) is 0 Å². The average Bonchev–Trinajstić information content (AvgIpc) is 3.40. The maximum Gasteiger partial charge on any atom is 0.242 e. The number of hydrogen-bond acceptors (Lipinski definition) is 2. The van der Waals surface area contributed by atoms with Gasteiger partial charge in [0.1, 0.15) is 12.4 Å². The van der Waals surface area contributed by atoms with Gasteiger partial charge in [0, 0.05) is 42.7 Å². The van der Waals surface area contributed by atoms with Gasteiger partial charge in [0.15, 0.2) is 0 Å². The maximum atomic E-state index is 13.9. The highest BCUT2D eigenvalue weighted by atomic mass is 19.1. The van der Waals surface area contributed by atoms with E-state index in [0.29, 0.717) is 26.1 Å². The Bertz CT molecular complexity index is 1420. The van der Waals surface area contributed by atoms with Crippen molar-refractivity contribution in [3.05, 3.63) is 107 Å². The number of aromatic nitrogens is 1. The molecule has 6 heteroatoms. The molecule has 1 N–H and O–H groups in total. The number of carbonyl (C=O) groups is 2. The van der Waals surface area contributed by atoms with Gasteiger partial charge in [-0.1, -0.05) is 79.4 Å². The number of fused-ring (bicyclic) bond motifs is 1. The molecule has 0 spiro atoms. The Morgan fingerprint density at radius 1 is 0.850 bits per heavy atom. The molecular formula is C34H38FN3O2. The Balaban J connectivity index is 1.36. The summed E-state index contributed by atoms with van der Waals surface area (Å²) in [4.78, 5) is 34.5. The smallest absolute Gasteiger partial charge is 0.242 e. The number of amides is 2. The summed E-state index contributed by atoms with van der Waals surface area (Å²) in [7, 11) is 0. The van der Waals surface area contributed by atoms with Crippen molar-refractivity contribution in [1.82, 2.24) is 14.8 Å². The van der Waals surface area contributed by atoms with Crippen LogP contribution in [0.5, 0.6) is 0 Å². The number of nitrogens with one attached hydrogen (secondary N) is 1. The van der Waals surface area contributed by atoms with Crippen LogP contribution >= 0.6 is 0 Å². The van der Waals surface area contributed by atoms with Crippen molar-refractivity contribution in [2.75, 3.05) is 13.1 Å². The molecule has 1 aromatic heterocycles. The van der Waals surface area contributed by atoms with Gasteiger partial charge >= 0.3 is 0 Å². The Morgan fingerprint density at radius 3 is 2.23 bits per heavy atom. The molecule has 4 aromatic rings. The highest BCUT2D eigenvalue weighted by Gasteiger charge is 2.29. The van der Waals surface area contributed by atoms with E-state index >= 15 is 0 Å². The quantitative estimate of drug-likeness (QED) is 0.241. The summed E-state index contributed by atoms with van der Waals surface area (Å²) in [5, 5.41) is 1.16. The molecule has 3 aromatic carbocycles. The standard InChI is InChI=1S/C34H38FN3O2/c1-25-11-13-26(14-12-25)22-37(20-19-29-21-36-32-10-6-5-9-31(29)32)33(39)24-38(23-27-15-17-30(35)18-16-27)34(40)28-7-3-2-4-8-28/h5-6,9-18,21,28,36H,2-4,7-8,19-20,22-24H2,1H3. The van der Waals surface area contributed by atoms with Crippen molar-refractivity contribution in [3.63, 3.8) is 0 Å². The molecule has 5 nitrogen and oxygen atoms in total. The minimum Gasteiger partial charge on any atom is -0.361 e. The highest BCUT2D eigenvalue weighted by Crippen LogP contribution is 2.26. The van der Waals surface area contributed by atoms with E-state index in [2.05, 4.69) is 41.4 Å². The van der Waals surface area contributed by atoms with Crippen molar-refractivity contribution >= 4 is 22.7 Å². The molecule has 0 aliphatic heterocycles. The Morgan fingerprint density at radius 2 is 1.50 bits per heavy atom. The molecule has 0 radical (unpaired) electrons. The predicted molar refractivity (Wildman–Crippen MR) is 157 cm³/mol. The van der Waals surface area contributed by atoms with Crippen LogP contribution in [0.4, 0.5) is 4.39 Å². The van der Waals surface area contributed by atoms with Crippen LogP contribution in [0.15, 0.2) is 79.0 Å². The summed E-state index contributed by atoms with van der Waals surface area (Å²) in [5.41, 5.74) is 5.30. The number of aryl methyl sites for hydroxylation is 1. The van der Waals surface area contributed by atoms with Crippen LogP contribution in [0.25, 0.3) is 10.9 Å². The second-order valence-electron chi connectivity index (χ2n) is 11.1. The lowest BCUT2D eigenvalue weighted by Gasteiger charge is -2.31. The first-order chi connectivity index (χ1) is 19.5. The van der Waals surface area contributed by atoms with Crippen LogP contribution in [-0.4, -0.2) is 39.7 Å². The van der Waals surface area contributed by atoms with E-state index < -0.39 is 0 Å². The zero-order valence-electron chi connectivity index (χ0n) is 23.2. The fourth-order valence-corrected chi connectivity index (χ4v) is 5.69. The molecule has 2 amide bonds. The maximum absolute atomic E-state index is 13.9. The largest absolute Gasteiger partial charge is 0.361 e. The number of hydrogen-bond donors (Lipinski definition) is 1. The number of nitrogens with zero attached hydrogens (tertiary/aromatic N) is 2. The predicted octanol–water partition coefficient (Wildman–Crippen LogP) is 6.80. The lowest BCUT2D eigenvalue weighted by Crippen LogP contribution is -2.45. The molecule has 208 valence electrons. The van der Waals surface area contributed by atoms with Crippen molar-refractivity contribution < 1.29 is 14.0 Å². The molecule has 1 aliphatic carbocycles. The molecule has 1 aliphatic rings. The van der Waals surface area contributed by atoms with Gasteiger partial charge in [-0.05, 0) is 61.1 Å². The third-order valence-electron chi connectivity index (χ3n) is 8.05. The fourth-order valence-electron chi connectivity index (χ4n) is 5.69. The van der Waals surface area contributed by atoms with Gasteiger partial charge < -0.3 is 14.8 Å². The van der Waals surface area contributed by atoms with Crippen LogP contribution in [0.1, 0.15) is 54.4 Å². The third-order valence-corrected chi connectivity index (χ3v) is 8.05. The lowest BCUT2D eigenvalue weighted by atomic mass is 9.88. The first-order valence-corrected chi connectivity index (χ1v) is 14.4. The summed E-state index contributed by atoms with van der Waals surface area (Å²) in [6.45, 7) is 3.36. The van der Waals surface area contributed by atoms with Gasteiger partial charge in [0.25, 0.3) is 0 Å². The van der Waals surface area contributed by atoms with E-state index in [1.807, 2.05) is 30.2 Å². The van der Waals surface area contributed by atoms with Crippen molar-refractivity contribution in [1.29, 1.82) is 0 Å². The normalized spacial score (nSPS) is 13.8. The van der Waals surface area contributed by atoms with Crippen molar-refractivity contribution in [2.45, 2.75) is 58.5 Å². The van der Waals surface area contributed by atoms with Gasteiger partial charge in [-0.25, -0.2) is 4.39 Å². The first-order valence-electron chi connectivity index (χ1n) is 14.4. The summed E-state index contributed by atoms with van der Waals surface area (Å²) in [5.74, 6) is -0.415. The summed E-state index contributed by atoms with van der Waals surface area (Å²) in [6, 6.07) is 22.6. The van der Waals surface area contributed by atoms with Crippen molar-refractivity contribution in [3.8, 4) is 0 Å². The minimum atomic E-state index is -0.313. The first kappa shape index (κ1) is 27.6. The fraction of sp³-hybridized carbons (Fsp3) is 0.353. The summed E-state index contributed by atoms with van der Waals surface area (Å²) >= 11 is 0. The topological polar surface area (TPSA) is 56.4 Å². The zero-order valence-corrected chi connectivity index (χ0v) is 23.2. The summed E-state index contributed by atoms with van der Waals surface area (Å²) < 4.78 is 13.6. The van der Waals surface area contributed by atoms with Crippen LogP contribution in [0, 0.1) is 18.7 Å². The third kappa shape index (κ3) is 6.98. The number of halogens is 1. The van der Waals surface area contributed by atoms with Crippen LogP contribution in [-0.2, 0) is 29.1 Å². The zero-order chi connectivity index (χ0) is 27.9. The average molecular weight is 540 g/mol. The molecule has 40 heavy (non-hydrogen) atoms. The number of H-pyrrole nitrogens is 1. The van der Waals surface area contributed by atoms with Gasteiger partial charge in [0.05, 0.1) is 0 Å². The van der Waals surface area contributed by atoms with Crippen LogP contribution in [0.3, 0.4) is 0 Å². The lowest BCUT2D eigenvalue weighted by molar-refractivity contribution is -0.144. The molecule has 1 saturated carbocycles. The number of para-hydroxylation sites is 1. The Kier molecular flexibility index (Phi) is 8.94. The summed E-state index contributed by atoms with van der Waals surface area (Å²) in [6.07, 6.45) is 7.68. The van der Waals surface area contributed by atoms with Crippen molar-refractivity contribution in [2.24, 2.45) is 5.92 Å². The van der Waals surface area contributed by atoms with E-state index in [4.69, 9.17) is 0 Å². The van der Waals surface area contributed by atoms with E-state index in [1.165, 1.54) is 23.3 Å². The Hall–Kier alpha value is -3.93. The second-order valence-corrected chi connectivity index (χ2v) is 11.1. The monoisotopic (exact) mass is 539 g/mol. The van der Waals surface area contributed by atoms with Crippen LogP contribution in [0.2, 0.25) is 0 Å². The molecule has 5 rings (SSSR count). The SMILES string of the molecule is Cc1ccc(CN(CCc2c[nH]c3ccccc23)C(=O)CN(Cc2ccc(F)cc2)C(=O)C2CCCCC2)cc1. The molecule has 0 unspecified atom stereocenters. The second kappa shape index (κ2) is 12.9. The molecule has 1 heterocycles. The van der Waals surface area contributed by atoms with Gasteiger partial charge in [-0.2, -0.15) is 0 Å². The van der Waals surface area contributed by atoms with Crippen LogP contribution < -0.4 is 0 Å². The number of aromatic amines is 1. The molecule has 0 bridgehead atoms. The van der Waals surface area contributed by atoms with E-state index in [9.17, 15) is 14.0 Å². The minimum absolute atomic E-state index is 0.00640. The molecular weight excluding hydrogens is 501 g/mol. The molecule has 0 atom stereocenters. The number of carbonyl (C=O) groups excluding carboxylic acids is 2. The number of benzene rings is 3. The van der Waals surface area contributed by atoms with E-state index in [1.54, 1.807) is 17.0 Å². The van der Waals surface area contributed by atoms with E-state index in [-0.39, 0.29) is 30.1 Å². The van der Waals surface area contributed by atoms with Gasteiger partial charge in [0.2, 0.25) is 11.8 Å².